The molecule has 2 nitrogen and oxygen atoms in total. The Morgan fingerprint density at radius 2 is 2.00 bits per heavy atom. The first kappa shape index (κ1) is 10.0. The van der Waals surface area contributed by atoms with E-state index in [0.717, 1.165) is 6.42 Å². The van der Waals surface area contributed by atoms with E-state index in [9.17, 15) is 5.11 Å². The van der Waals surface area contributed by atoms with Crippen LogP contribution in [0.5, 0.6) is 0 Å². The Kier molecular flexibility index (Phi) is 4.62. The van der Waals surface area contributed by atoms with Crippen LogP contribution in [0.25, 0.3) is 0 Å². The van der Waals surface area contributed by atoms with Crippen molar-refractivity contribution in [2.24, 2.45) is 5.92 Å². The summed E-state index contributed by atoms with van der Waals surface area (Å²) in [4.78, 5) is 0. The van der Waals surface area contributed by atoms with Gasteiger partial charge in [0.1, 0.15) is 0 Å². The summed E-state index contributed by atoms with van der Waals surface area (Å²) in [5, 5.41) is 10.3. The van der Waals surface area contributed by atoms with Crippen molar-refractivity contribution in [2.45, 2.75) is 51.6 Å². The third-order valence-electron chi connectivity index (χ3n) is 2.86. The molecule has 0 aromatic heterocycles. The van der Waals surface area contributed by atoms with Gasteiger partial charge in [-0.3, -0.25) is 0 Å². The second-order valence-corrected chi connectivity index (χ2v) is 3.63. The molecule has 1 aliphatic rings. The summed E-state index contributed by atoms with van der Waals surface area (Å²) >= 11 is 0. The predicted molar refractivity (Wildman–Crippen MR) is 47.3 cm³/mol. The predicted octanol–water partition coefficient (Wildman–Crippen LogP) is 2.75. The SMILES string of the molecule is CCC(OC[O])C1CCCCC1. The molecule has 1 unspecified atom stereocenters. The molecule has 0 saturated heterocycles. The summed E-state index contributed by atoms with van der Waals surface area (Å²) in [5.74, 6) is 0.665. The Hall–Kier alpha value is -0.0800. The summed E-state index contributed by atoms with van der Waals surface area (Å²) in [7, 11) is 0. The first-order valence-electron chi connectivity index (χ1n) is 5.08. The Balaban J connectivity index is 2.29. The molecule has 1 rings (SSSR count). The number of rotatable bonds is 4. The lowest BCUT2D eigenvalue weighted by molar-refractivity contribution is -0.107. The van der Waals surface area contributed by atoms with Gasteiger partial charge in [0.25, 0.3) is 0 Å². The van der Waals surface area contributed by atoms with Crippen LogP contribution < -0.4 is 0 Å². The minimum Gasteiger partial charge on any atom is -0.349 e. The molecule has 1 saturated carbocycles. The molecule has 1 atom stereocenters. The zero-order chi connectivity index (χ0) is 8.81. The molecule has 71 valence electrons. The third-order valence-corrected chi connectivity index (χ3v) is 2.86. The zero-order valence-corrected chi connectivity index (χ0v) is 7.92. The fraction of sp³-hybridized carbons (Fsp3) is 1.00. The molecule has 1 radical (unpaired) electrons. The van der Waals surface area contributed by atoms with Crippen molar-refractivity contribution in [3.05, 3.63) is 0 Å². The van der Waals surface area contributed by atoms with Crippen molar-refractivity contribution >= 4 is 0 Å². The van der Waals surface area contributed by atoms with Crippen molar-refractivity contribution < 1.29 is 9.84 Å². The van der Waals surface area contributed by atoms with Crippen molar-refractivity contribution in [1.82, 2.24) is 0 Å². The quantitative estimate of drug-likeness (QED) is 0.598. The summed E-state index contributed by atoms with van der Waals surface area (Å²) in [6, 6.07) is 0. The van der Waals surface area contributed by atoms with Gasteiger partial charge in [0.15, 0.2) is 6.79 Å². The van der Waals surface area contributed by atoms with Crippen LogP contribution in [0.2, 0.25) is 0 Å². The third kappa shape index (κ3) is 2.76. The van der Waals surface area contributed by atoms with Crippen LogP contribution in [0.1, 0.15) is 45.4 Å². The van der Waals surface area contributed by atoms with Crippen molar-refractivity contribution in [1.29, 1.82) is 0 Å². The molecule has 0 aromatic carbocycles. The Morgan fingerprint density at radius 1 is 1.33 bits per heavy atom. The van der Waals surface area contributed by atoms with Gasteiger partial charge in [-0.15, -0.1) is 0 Å². The average molecular weight is 171 g/mol. The second-order valence-electron chi connectivity index (χ2n) is 3.63. The van der Waals surface area contributed by atoms with Crippen molar-refractivity contribution in [3.63, 3.8) is 0 Å². The Bertz CT molecular complexity index is 106. The maximum Gasteiger partial charge on any atom is 0.181 e. The van der Waals surface area contributed by atoms with E-state index in [-0.39, 0.29) is 12.9 Å². The highest BCUT2D eigenvalue weighted by Crippen LogP contribution is 2.29. The van der Waals surface area contributed by atoms with Gasteiger partial charge in [0, 0.05) is 0 Å². The van der Waals surface area contributed by atoms with Gasteiger partial charge in [-0.25, -0.2) is 5.11 Å². The molecule has 1 aliphatic carbocycles. The van der Waals surface area contributed by atoms with Gasteiger partial charge in [-0.1, -0.05) is 26.2 Å². The summed E-state index contributed by atoms with van der Waals surface area (Å²) in [5.41, 5.74) is 0. The summed E-state index contributed by atoms with van der Waals surface area (Å²) in [6.07, 6.45) is 7.77. The van der Waals surface area contributed by atoms with E-state index in [1.54, 1.807) is 0 Å². The van der Waals surface area contributed by atoms with E-state index in [1.807, 2.05) is 0 Å². The Labute approximate surface area is 74.9 Å². The van der Waals surface area contributed by atoms with E-state index in [0.29, 0.717) is 5.92 Å². The minimum atomic E-state index is -0.366. The van der Waals surface area contributed by atoms with Crippen LogP contribution in [0.15, 0.2) is 0 Å². The molecule has 2 heteroatoms. The molecular formula is C10H19O2. The fourth-order valence-electron chi connectivity index (χ4n) is 2.18. The van der Waals surface area contributed by atoms with E-state index in [2.05, 4.69) is 6.92 Å². The first-order valence-corrected chi connectivity index (χ1v) is 5.08. The van der Waals surface area contributed by atoms with Gasteiger partial charge in [0.2, 0.25) is 0 Å². The van der Waals surface area contributed by atoms with E-state index >= 15 is 0 Å². The van der Waals surface area contributed by atoms with Crippen LogP contribution in [0.3, 0.4) is 0 Å². The fourth-order valence-corrected chi connectivity index (χ4v) is 2.18. The number of ether oxygens (including phenoxy) is 1. The van der Waals surface area contributed by atoms with Gasteiger partial charge in [-0.2, -0.15) is 0 Å². The molecule has 0 N–H and O–H groups in total. The van der Waals surface area contributed by atoms with Crippen molar-refractivity contribution in [3.8, 4) is 0 Å². The molecule has 0 bridgehead atoms. The number of hydrogen-bond donors (Lipinski definition) is 0. The highest BCUT2D eigenvalue weighted by atomic mass is 16.6. The monoisotopic (exact) mass is 171 g/mol. The van der Waals surface area contributed by atoms with E-state index < -0.39 is 0 Å². The zero-order valence-electron chi connectivity index (χ0n) is 7.92. The smallest absolute Gasteiger partial charge is 0.181 e. The normalized spacial score (nSPS) is 22.5. The van der Waals surface area contributed by atoms with E-state index in [1.165, 1.54) is 32.1 Å². The minimum absolute atomic E-state index is 0.239. The van der Waals surface area contributed by atoms with Gasteiger partial charge < -0.3 is 4.74 Å². The van der Waals surface area contributed by atoms with Crippen LogP contribution in [0, 0.1) is 5.92 Å². The molecule has 0 amide bonds. The van der Waals surface area contributed by atoms with Gasteiger partial charge in [0.05, 0.1) is 6.10 Å². The molecular weight excluding hydrogens is 152 g/mol. The van der Waals surface area contributed by atoms with E-state index in [4.69, 9.17) is 4.74 Å². The number of hydrogen-bond acceptors (Lipinski definition) is 1. The molecule has 0 aliphatic heterocycles. The van der Waals surface area contributed by atoms with Crippen LogP contribution in [-0.2, 0) is 9.84 Å². The van der Waals surface area contributed by atoms with Crippen LogP contribution >= 0.6 is 0 Å². The lowest BCUT2D eigenvalue weighted by atomic mass is 9.84. The second kappa shape index (κ2) is 5.55. The Morgan fingerprint density at radius 3 is 2.50 bits per heavy atom. The lowest BCUT2D eigenvalue weighted by Crippen LogP contribution is -2.25. The molecule has 0 aromatic rings. The topological polar surface area (TPSA) is 29.1 Å². The van der Waals surface area contributed by atoms with Gasteiger partial charge in [-0.05, 0) is 25.2 Å². The highest BCUT2D eigenvalue weighted by Gasteiger charge is 2.22. The molecule has 12 heavy (non-hydrogen) atoms. The van der Waals surface area contributed by atoms with Crippen molar-refractivity contribution in [2.75, 3.05) is 6.79 Å². The summed E-state index contributed by atoms with van der Waals surface area (Å²) in [6.45, 7) is 1.74. The highest BCUT2D eigenvalue weighted by molar-refractivity contribution is 4.73. The maximum atomic E-state index is 10.3. The molecule has 0 heterocycles. The lowest BCUT2D eigenvalue weighted by Gasteiger charge is -2.28. The average Bonchev–Trinajstić information content (AvgIpc) is 2.15. The first-order chi connectivity index (χ1) is 5.88. The molecule has 1 fully saturated rings. The van der Waals surface area contributed by atoms with Crippen LogP contribution in [-0.4, -0.2) is 12.9 Å². The van der Waals surface area contributed by atoms with Gasteiger partial charge >= 0.3 is 0 Å². The summed E-state index contributed by atoms with van der Waals surface area (Å²) < 4.78 is 5.18. The molecule has 0 spiro atoms. The largest absolute Gasteiger partial charge is 0.349 e. The maximum absolute atomic E-state index is 10.3. The standard InChI is InChI=1S/C10H19O2/c1-2-10(12-8-11)9-6-4-3-5-7-9/h9-10H,2-8H2,1H3. The van der Waals surface area contributed by atoms with Crippen LogP contribution in [0.4, 0.5) is 0 Å².